The molecule has 2 nitrogen and oxygen atoms in total. The van der Waals surface area contributed by atoms with Crippen molar-refractivity contribution in [1.29, 1.82) is 0 Å². The van der Waals surface area contributed by atoms with E-state index in [1.54, 1.807) is 0 Å². The van der Waals surface area contributed by atoms with Crippen molar-refractivity contribution in [2.24, 2.45) is 0 Å². The van der Waals surface area contributed by atoms with Crippen LogP contribution < -0.4 is 5.73 Å². The SMILES string of the molecule is CC(C)c1ccc(C(=O)Cc2ccc(N)cc2)cc1. The summed E-state index contributed by atoms with van der Waals surface area (Å²) in [6.07, 6.45) is 0.418. The van der Waals surface area contributed by atoms with Gasteiger partial charge >= 0.3 is 0 Å². The Labute approximate surface area is 114 Å². The largest absolute Gasteiger partial charge is 0.399 e. The normalized spacial score (nSPS) is 10.7. The molecule has 2 heteroatoms. The van der Waals surface area contributed by atoms with E-state index in [9.17, 15) is 4.79 Å². The molecule has 0 amide bonds. The van der Waals surface area contributed by atoms with E-state index < -0.39 is 0 Å². The number of rotatable bonds is 4. The molecule has 2 rings (SSSR count). The Bertz CT molecular complexity index is 553. The zero-order valence-electron chi connectivity index (χ0n) is 11.4. The van der Waals surface area contributed by atoms with Gasteiger partial charge in [0.25, 0.3) is 0 Å². The number of carbonyl (C=O) groups is 1. The number of carbonyl (C=O) groups excluding carboxylic acids is 1. The van der Waals surface area contributed by atoms with Crippen LogP contribution in [-0.4, -0.2) is 5.78 Å². The summed E-state index contributed by atoms with van der Waals surface area (Å²) in [5.74, 6) is 0.626. The lowest BCUT2D eigenvalue weighted by atomic mass is 9.98. The molecule has 0 fully saturated rings. The Kier molecular flexibility index (Phi) is 4.00. The van der Waals surface area contributed by atoms with E-state index in [2.05, 4.69) is 13.8 Å². The first kappa shape index (κ1) is 13.3. The molecule has 0 aliphatic rings. The van der Waals surface area contributed by atoms with Gasteiger partial charge in [-0.2, -0.15) is 0 Å². The van der Waals surface area contributed by atoms with Crippen molar-refractivity contribution in [3.05, 3.63) is 65.2 Å². The first-order chi connectivity index (χ1) is 9.06. The van der Waals surface area contributed by atoms with Crippen LogP contribution in [0.1, 0.15) is 41.3 Å². The third-order valence-electron chi connectivity index (χ3n) is 3.24. The second-order valence-electron chi connectivity index (χ2n) is 5.12. The first-order valence-corrected chi connectivity index (χ1v) is 6.54. The first-order valence-electron chi connectivity index (χ1n) is 6.54. The maximum Gasteiger partial charge on any atom is 0.167 e. The Balaban J connectivity index is 2.09. The summed E-state index contributed by atoms with van der Waals surface area (Å²) in [5.41, 5.74) is 9.36. The monoisotopic (exact) mass is 253 g/mol. The fourth-order valence-corrected chi connectivity index (χ4v) is 1.98. The Morgan fingerprint density at radius 3 is 2.11 bits per heavy atom. The molecular weight excluding hydrogens is 234 g/mol. The van der Waals surface area contributed by atoms with Gasteiger partial charge in [0.05, 0.1) is 0 Å². The van der Waals surface area contributed by atoms with E-state index in [0.717, 1.165) is 16.8 Å². The molecule has 0 spiro atoms. The molecule has 0 saturated carbocycles. The van der Waals surface area contributed by atoms with Crippen LogP contribution in [0.3, 0.4) is 0 Å². The summed E-state index contributed by atoms with van der Waals surface area (Å²) in [5, 5.41) is 0. The molecule has 0 aromatic heterocycles. The standard InChI is InChI=1S/C17H19NO/c1-12(2)14-5-7-15(8-6-14)17(19)11-13-3-9-16(18)10-4-13/h3-10,12H,11,18H2,1-2H3. The zero-order valence-corrected chi connectivity index (χ0v) is 11.4. The van der Waals surface area contributed by atoms with Gasteiger partial charge in [-0.05, 0) is 29.2 Å². The van der Waals surface area contributed by atoms with Gasteiger partial charge < -0.3 is 5.73 Å². The summed E-state index contributed by atoms with van der Waals surface area (Å²) in [7, 11) is 0. The van der Waals surface area contributed by atoms with Crippen LogP contribution in [0.5, 0.6) is 0 Å². The lowest BCUT2D eigenvalue weighted by Gasteiger charge is -2.06. The maximum atomic E-state index is 12.1. The average molecular weight is 253 g/mol. The molecule has 0 unspecified atom stereocenters. The Morgan fingerprint density at radius 1 is 1.00 bits per heavy atom. The third kappa shape index (κ3) is 3.44. The predicted molar refractivity (Wildman–Crippen MR) is 79.4 cm³/mol. The molecule has 0 saturated heterocycles. The van der Waals surface area contributed by atoms with Crippen LogP contribution in [0.15, 0.2) is 48.5 Å². The van der Waals surface area contributed by atoms with Gasteiger partial charge in [0.2, 0.25) is 0 Å². The fourth-order valence-electron chi connectivity index (χ4n) is 1.98. The van der Waals surface area contributed by atoms with E-state index in [1.807, 2.05) is 48.5 Å². The zero-order chi connectivity index (χ0) is 13.8. The Morgan fingerprint density at radius 2 is 1.58 bits per heavy atom. The van der Waals surface area contributed by atoms with E-state index in [0.29, 0.717) is 12.3 Å². The van der Waals surface area contributed by atoms with Gasteiger partial charge in [-0.25, -0.2) is 0 Å². The minimum absolute atomic E-state index is 0.139. The molecule has 0 atom stereocenters. The third-order valence-corrected chi connectivity index (χ3v) is 3.24. The van der Waals surface area contributed by atoms with Crippen molar-refractivity contribution >= 4 is 11.5 Å². The van der Waals surface area contributed by atoms with Gasteiger partial charge in [-0.1, -0.05) is 50.2 Å². The molecular formula is C17H19NO. The summed E-state index contributed by atoms with van der Waals surface area (Å²) >= 11 is 0. The molecule has 98 valence electrons. The van der Waals surface area contributed by atoms with E-state index in [4.69, 9.17) is 5.73 Å². The number of Topliss-reactive ketones (excluding diaryl/α,β-unsaturated/α-hetero) is 1. The number of benzene rings is 2. The summed E-state index contributed by atoms with van der Waals surface area (Å²) < 4.78 is 0. The fraction of sp³-hybridized carbons (Fsp3) is 0.235. The minimum atomic E-state index is 0.139. The number of hydrogen-bond acceptors (Lipinski definition) is 2. The summed E-state index contributed by atoms with van der Waals surface area (Å²) in [6, 6.07) is 15.3. The van der Waals surface area contributed by atoms with Gasteiger partial charge in [0.15, 0.2) is 5.78 Å². The molecule has 0 heterocycles. The van der Waals surface area contributed by atoms with Gasteiger partial charge in [-0.15, -0.1) is 0 Å². The molecule has 0 aliphatic heterocycles. The van der Waals surface area contributed by atoms with Crippen LogP contribution in [0.2, 0.25) is 0 Å². The van der Waals surface area contributed by atoms with Crippen molar-refractivity contribution in [3.63, 3.8) is 0 Å². The highest BCUT2D eigenvalue weighted by Gasteiger charge is 2.07. The number of nitrogen functional groups attached to an aromatic ring is 1. The van der Waals surface area contributed by atoms with Crippen LogP contribution in [-0.2, 0) is 6.42 Å². The smallest absolute Gasteiger partial charge is 0.167 e. The molecule has 2 aromatic carbocycles. The lowest BCUT2D eigenvalue weighted by molar-refractivity contribution is 0.0993. The highest BCUT2D eigenvalue weighted by atomic mass is 16.1. The molecule has 0 aliphatic carbocycles. The lowest BCUT2D eigenvalue weighted by Crippen LogP contribution is -2.04. The summed E-state index contributed by atoms with van der Waals surface area (Å²) in [4.78, 5) is 12.1. The highest BCUT2D eigenvalue weighted by Crippen LogP contribution is 2.16. The van der Waals surface area contributed by atoms with Crippen molar-refractivity contribution in [2.75, 3.05) is 5.73 Å². The van der Waals surface area contributed by atoms with Crippen molar-refractivity contribution < 1.29 is 4.79 Å². The second kappa shape index (κ2) is 5.70. The molecule has 2 aromatic rings. The minimum Gasteiger partial charge on any atom is -0.399 e. The van der Waals surface area contributed by atoms with Crippen molar-refractivity contribution in [2.45, 2.75) is 26.2 Å². The van der Waals surface area contributed by atoms with Gasteiger partial charge in [0.1, 0.15) is 0 Å². The number of hydrogen-bond donors (Lipinski definition) is 1. The molecule has 0 radical (unpaired) electrons. The van der Waals surface area contributed by atoms with Crippen LogP contribution in [0.25, 0.3) is 0 Å². The van der Waals surface area contributed by atoms with Gasteiger partial charge in [0, 0.05) is 17.7 Å². The Hall–Kier alpha value is -2.09. The van der Waals surface area contributed by atoms with Crippen LogP contribution in [0, 0.1) is 0 Å². The van der Waals surface area contributed by atoms with Crippen molar-refractivity contribution in [3.8, 4) is 0 Å². The quantitative estimate of drug-likeness (QED) is 0.665. The maximum absolute atomic E-state index is 12.1. The number of nitrogens with two attached hydrogens (primary N) is 1. The predicted octanol–water partition coefficient (Wildman–Crippen LogP) is 3.82. The van der Waals surface area contributed by atoms with E-state index >= 15 is 0 Å². The average Bonchev–Trinajstić information content (AvgIpc) is 2.41. The number of ketones is 1. The van der Waals surface area contributed by atoms with Crippen molar-refractivity contribution in [1.82, 2.24) is 0 Å². The molecule has 19 heavy (non-hydrogen) atoms. The van der Waals surface area contributed by atoms with Crippen LogP contribution >= 0.6 is 0 Å². The topological polar surface area (TPSA) is 43.1 Å². The van der Waals surface area contributed by atoms with Crippen LogP contribution in [0.4, 0.5) is 5.69 Å². The van der Waals surface area contributed by atoms with Gasteiger partial charge in [-0.3, -0.25) is 4.79 Å². The summed E-state index contributed by atoms with van der Waals surface area (Å²) in [6.45, 7) is 4.29. The highest BCUT2D eigenvalue weighted by molar-refractivity contribution is 5.97. The van der Waals surface area contributed by atoms with E-state index in [-0.39, 0.29) is 5.78 Å². The molecule has 2 N–H and O–H groups in total. The molecule has 0 bridgehead atoms. The second-order valence-corrected chi connectivity index (χ2v) is 5.12. The number of anilines is 1. The van der Waals surface area contributed by atoms with E-state index in [1.165, 1.54) is 5.56 Å².